The summed E-state index contributed by atoms with van der Waals surface area (Å²) in [5, 5.41) is 0. The smallest absolute Gasteiger partial charge is 0.258 e. The number of sulfonamides is 1. The largest absolute Gasteiger partial charge is 0.308 e. The maximum absolute atomic E-state index is 12.8. The molecule has 3 rings (SSSR count). The van der Waals surface area contributed by atoms with Crippen LogP contribution in [0.5, 0.6) is 0 Å². The molecule has 5 nitrogen and oxygen atoms in total. The topological polar surface area (TPSA) is 66.5 Å². The minimum atomic E-state index is -3.55. The molecule has 1 atom stereocenters. The maximum atomic E-state index is 12.8. The van der Waals surface area contributed by atoms with E-state index >= 15 is 0 Å². The lowest BCUT2D eigenvalue weighted by molar-refractivity contribution is 0.0985. The Morgan fingerprint density at radius 3 is 2.62 bits per heavy atom. The zero-order valence-corrected chi connectivity index (χ0v) is 15.9. The van der Waals surface area contributed by atoms with Crippen LogP contribution in [-0.2, 0) is 16.4 Å². The molecule has 2 aromatic carbocycles. The van der Waals surface area contributed by atoms with Crippen LogP contribution in [0.2, 0.25) is 0 Å². The number of carbonyl (C=O) groups excluding carboxylic acids is 1. The molecule has 1 amide bonds. The summed E-state index contributed by atoms with van der Waals surface area (Å²) in [6, 6.07) is 14.1. The lowest BCUT2D eigenvalue weighted by atomic mass is 10.0. The standard InChI is InChI=1S/C20H24N2O3S/c1-3-15(2)21-26(24,25)18-11-12-19-17(14-18)10-7-13-22(19)20(23)16-8-5-4-6-9-16/h4-6,8-9,11-12,14-15,21H,3,7,10,13H2,1-2H3/t15-/m1/s1. The molecule has 138 valence electrons. The van der Waals surface area contributed by atoms with E-state index in [9.17, 15) is 13.2 Å². The van der Waals surface area contributed by atoms with Gasteiger partial charge in [-0.05, 0) is 62.1 Å². The number of fused-ring (bicyclic) bond motifs is 1. The third-order valence-corrected chi connectivity index (χ3v) is 6.30. The molecule has 0 saturated carbocycles. The highest BCUT2D eigenvalue weighted by atomic mass is 32.2. The molecule has 0 unspecified atom stereocenters. The van der Waals surface area contributed by atoms with E-state index in [0.29, 0.717) is 12.1 Å². The minimum Gasteiger partial charge on any atom is -0.308 e. The van der Waals surface area contributed by atoms with Gasteiger partial charge in [-0.3, -0.25) is 4.79 Å². The summed E-state index contributed by atoms with van der Waals surface area (Å²) in [5.41, 5.74) is 2.33. The molecule has 1 aliphatic rings. The molecule has 0 radical (unpaired) electrons. The predicted molar refractivity (Wildman–Crippen MR) is 103 cm³/mol. The molecule has 2 aromatic rings. The summed E-state index contributed by atoms with van der Waals surface area (Å²) in [6.45, 7) is 4.42. The van der Waals surface area contributed by atoms with Crippen molar-refractivity contribution in [3.05, 3.63) is 59.7 Å². The Kier molecular flexibility index (Phi) is 5.44. The second kappa shape index (κ2) is 7.60. The Morgan fingerprint density at radius 2 is 1.92 bits per heavy atom. The SMILES string of the molecule is CC[C@@H](C)NS(=O)(=O)c1ccc2c(c1)CCCN2C(=O)c1ccccc1. The van der Waals surface area contributed by atoms with Crippen LogP contribution in [-0.4, -0.2) is 26.9 Å². The molecule has 1 N–H and O–H groups in total. The molecule has 0 aromatic heterocycles. The predicted octanol–water partition coefficient (Wildman–Crippen LogP) is 3.36. The first-order chi connectivity index (χ1) is 12.4. The number of anilines is 1. The van der Waals surface area contributed by atoms with E-state index in [1.54, 1.807) is 35.2 Å². The van der Waals surface area contributed by atoms with Crippen molar-refractivity contribution in [3.8, 4) is 0 Å². The molecule has 0 aliphatic carbocycles. The van der Waals surface area contributed by atoms with Crippen molar-refractivity contribution in [2.24, 2.45) is 0 Å². The third kappa shape index (κ3) is 3.81. The number of nitrogens with zero attached hydrogens (tertiary/aromatic N) is 1. The second-order valence-electron chi connectivity index (χ2n) is 6.65. The fourth-order valence-corrected chi connectivity index (χ4v) is 4.48. The number of aryl methyl sites for hydroxylation is 1. The van der Waals surface area contributed by atoms with E-state index < -0.39 is 10.0 Å². The van der Waals surface area contributed by atoms with Crippen LogP contribution in [0, 0.1) is 0 Å². The molecule has 1 heterocycles. The quantitative estimate of drug-likeness (QED) is 0.875. The first-order valence-corrected chi connectivity index (χ1v) is 10.4. The van der Waals surface area contributed by atoms with Crippen molar-refractivity contribution < 1.29 is 13.2 Å². The monoisotopic (exact) mass is 372 g/mol. The highest BCUT2D eigenvalue weighted by molar-refractivity contribution is 7.89. The van der Waals surface area contributed by atoms with Crippen molar-refractivity contribution >= 4 is 21.6 Å². The minimum absolute atomic E-state index is 0.0557. The number of hydrogen-bond donors (Lipinski definition) is 1. The molecule has 0 bridgehead atoms. The molecular formula is C20H24N2O3S. The number of hydrogen-bond acceptors (Lipinski definition) is 3. The summed E-state index contributed by atoms with van der Waals surface area (Å²) in [6.07, 6.45) is 2.30. The summed E-state index contributed by atoms with van der Waals surface area (Å²) >= 11 is 0. The number of amides is 1. The molecule has 26 heavy (non-hydrogen) atoms. The van der Waals surface area contributed by atoms with Crippen LogP contribution >= 0.6 is 0 Å². The average molecular weight is 372 g/mol. The van der Waals surface area contributed by atoms with Crippen LogP contribution in [0.1, 0.15) is 42.6 Å². The van der Waals surface area contributed by atoms with Gasteiger partial charge < -0.3 is 4.90 Å². The highest BCUT2D eigenvalue weighted by Crippen LogP contribution is 2.30. The van der Waals surface area contributed by atoms with Gasteiger partial charge in [0.2, 0.25) is 10.0 Å². The van der Waals surface area contributed by atoms with Gasteiger partial charge in [0.25, 0.3) is 5.91 Å². The van der Waals surface area contributed by atoms with Gasteiger partial charge in [0, 0.05) is 23.8 Å². The number of rotatable bonds is 5. The van der Waals surface area contributed by atoms with E-state index in [1.807, 2.05) is 32.0 Å². The Morgan fingerprint density at radius 1 is 1.19 bits per heavy atom. The van der Waals surface area contributed by atoms with Crippen molar-refractivity contribution in [1.82, 2.24) is 4.72 Å². The van der Waals surface area contributed by atoms with Gasteiger partial charge in [0.15, 0.2) is 0 Å². The van der Waals surface area contributed by atoms with Gasteiger partial charge >= 0.3 is 0 Å². The normalized spacial score (nSPS) is 15.4. The van der Waals surface area contributed by atoms with E-state index in [0.717, 1.165) is 30.5 Å². The molecule has 6 heteroatoms. The van der Waals surface area contributed by atoms with Crippen molar-refractivity contribution in [2.75, 3.05) is 11.4 Å². The van der Waals surface area contributed by atoms with Crippen LogP contribution in [0.4, 0.5) is 5.69 Å². The van der Waals surface area contributed by atoms with E-state index in [2.05, 4.69) is 4.72 Å². The molecule has 0 spiro atoms. The second-order valence-corrected chi connectivity index (χ2v) is 8.36. The van der Waals surface area contributed by atoms with Gasteiger partial charge in [-0.15, -0.1) is 0 Å². The van der Waals surface area contributed by atoms with Gasteiger partial charge in [-0.2, -0.15) is 0 Å². The van der Waals surface area contributed by atoms with Crippen LogP contribution in [0.3, 0.4) is 0 Å². The summed E-state index contributed by atoms with van der Waals surface area (Å²) < 4.78 is 27.7. The lowest BCUT2D eigenvalue weighted by Gasteiger charge is -2.30. The van der Waals surface area contributed by atoms with Crippen LogP contribution < -0.4 is 9.62 Å². The molecular weight excluding hydrogens is 348 g/mol. The van der Waals surface area contributed by atoms with E-state index in [1.165, 1.54) is 0 Å². The Hall–Kier alpha value is -2.18. The van der Waals surface area contributed by atoms with Crippen molar-refractivity contribution in [1.29, 1.82) is 0 Å². The number of benzene rings is 2. The summed E-state index contributed by atoms with van der Waals surface area (Å²) in [5.74, 6) is -0.0557. The Labute approximate surface area is 155 Å². The van der Waals surface area contributed by atoms with Gasteiger partial charge in [-0.1, -0.05) is 25.1 Å². The fraction of sp³-hybridized carbons (Fsp3) is 0.350. The van der Waals surface area contributed by atoms with Crippen molar-refractivity contribution in [3.63, 3.8) is 0 Å². The first-order valence-electron chi connectivity index (χ1n) is 8.94. The van der Waals surface area contributed by atoms with E-state index in [-0.39, 0.29) is 16.8 Å². The summed E-state index contributed by atoms with van der Waals surface area (Å²) in [4.78, 5) is 14.8. The van der Waals surface area contributed by atoms with E-state index in [4.69, 9.17) is 0 Å². The highest BCUT2D eigenvalue weighted by Gasteiger charge is 2.25. The Balaban J connectivity index is 1.92. The first kappa shape index (κ1) is 18.6. The number of nitrogens with one attached hydrogen (secondary N) is 1. The van der Waals surface area contributed by atoms with Crippen molar-refractivity contribution in [2.45, 2.75) is 44.0 Å². The Bertz CT molecular complexity index is 895. The van der Waals surface area contributed by atoms with Gasteiger partial charge in [0.05, 0.1) is 4.90 Å². The fourth-order valence-electron chi connectivity index (χ4n) is 3.10. The maximum Gasteiger partial charge on any atom is 0.258 e. The third-order valence-electron chi connectivity index (χ3n) is 4.71. The molecule has 0 fully saturated rings. The average Bonchev–Trinajstić information content (AvgIpc) is 2.66. The molecule has 1 aliphatic heterocycles. The number of carbonyl (C=O) groups is 1. The van der Waals surface area contributed by atoms with Gasteiger partial charge in [0.1, 0.15) is 0 Å². The zero-order valence-electron chi connectivity index (χ0n) is 15.1. The summed E-state index contributed by atoms with van der Waals surface area (Å²) in [7, 11) is -3.55. The zero-order chi connectivity index (χ0) is 18.7. The van der Waals surface area contributed by atoms with Crippen LogP contribution in [0.15, 0.2) is 53.4 Å². The van der Waals surface area contributed by atoms with Crippen LogP contribution in [0.25, 0.3) is 0 Å². The molecule has 0 saturated heterocycles. The lowest BCUT2D eigenvalue weighted by Crippen LogP contribution is -2.36. The van der Waals surface area contributed by atoms with Gasteiger partial charge in [-0.25, -0.2) is 13.1 Å².